The van der Waals surface area contributed by atoms with Gasteiger partial charge in [0.05, 0.1) is 10.5 Å². The van der Waals surface area contributed by atoms with Crippen LogP contribution in [-0.2, 0) is 0 Å². The average Bonchev–Trinajstić information content (AvgIpc) is 2.46. The minimum Gasteiger partial charge on any atom is -0.337 e. The number of nitro groups is 1. The third-order valence-corrected chi connectivity index (χ3v) is 4.65. The number of piperidine rings is 1. The predicted molar refractivity (Wildman–Crippen MR) is 83.4 cm³/mol. The predicted octanol–water partition coefficient (Wildman–Crippen LogP) is 2.52. The van der Waals surface area contributed by atoms with E-state index in [1.165, 1.54) is 6.07 Å². The Hall–Kier alpha value is -1.47. The Balaban J connectivity index is 2.24. The molecule has 1 aliphatic rings. The van der Waals surface area contributed by atoms with Crippen LogP contribution >= 0.6 is 15.9 Å². The third-order valence-electron chi connectivity index (χ3n) is 3.82. The SMILES string of the molecule is CN(C)C1CCCN(C(=O)c2cccc([N+](=O)[O-])c2Br)C1. The van der Waals surface area contributed by atoms with Crippen LogP contribution in [0.5, 0.6) is 0 Å². The van der Waals surface area contributed by atoms with Crippen LogP contribution in [0.25, 0.3) is 0 Å². The van der Waals surface area contributed by atoms with E-state index in [-0.39, 0.29) is 16.1 Å². The molecule has 0 spiro atoms. The Kier molecular flexibility index (Phi) is 4.95. The number of rotatable bonds is 3. The lowest BCUT2D eigenvalue weighted by Gasteiger charge is -2.36. The van der Waals surface area contributed by atoms with Crippen molar-refractivity contribution in [2.45, 2.75) is 18.9 Å². The first kappa shape index (κ1) is 15.9. The number of carbonyl (C=O) groups is 1. The molecule has 1 unspecified atom stereocenters. The quantitative estimate of drug-likeness (QED) is 0.617. The molecule has 21 heavy (non-hydrogen) atoms. The molecule has 1 saturated heterocycles. The number of nitrogens with zero attached hydrogens (tertiary/aromatic N) is 3. The van der Waals surface area contributed by atoms with Gasteiger partial charge in [-0.15, -0.1) is 0 Å². The fraction of sp³-hybridized carbons (Fsp3) is 0.500. The van der Waals surface area contributed by atoms with Gasteiger partial charge in [0.1, 0.15) is 4.47 Å². The number of halogens is 1. The summed E-state index contributed by atoms with van der Waals surface area (Å²) in [5.41, 5.74) is 0.269. The first-order valence-electron chi connectivity index (χ1n) is 6.80. The Labute approximate surface area is 132 Å². The van der Waals surface area contributed by atoms with Gasteiger partial charge >= 0.3 is 0 Å². The lowest BCUT2D eigenvalue weighted by atomic mass is 10.0. The van der Waals surface area contributed by atoms with Crippen LogP contribution < -0.4 is 0 Å². The number of benzene rings is 1. The zero-order valence-electron chi connectivity index (χ0n) is 12.1. The Morgan fingerprint density at radius 2 is 2.19 bits per heavy atom. The minimum absolute atomic E-state index is 0.0815. The van der Waals surface area contributed by atoms with Gasteiger partial charge in [-0.3, -0.25) is 14.9 Å². The highest BCUT2D eigenvalue weighted by Gasteiger charge is 2.28. The molecule has 2 rings (SSSR count). The van der Waals surface area contributed by atoms with Crippen molar-refractivity contribution in [1.29, 1.82) is 0 Å². The number of amides is 1. The van der Waals surface area contributed by atoms with E-state index < -0.39 is 4.92 Å². The lowest BCUT2D eigenvalue weighted by molar-refractivity contribution is -0.385. The van der Waals surface area contributed by atoms with Crippen molar-refractivity contribution in [1.82, 2.24) is 9.80 Å². The van der Waals surface area contributed by atoms with Crippen LogP contribution in [0.15, 0.2) is 22.7 Å². The average molecular weight is 356 g/mol. The normalized spacial score (nSPS) is 18.9. The van der Waals surface area contributed by atoms with E-state index in [1.54, 1.807) is 17.0 Å². The molecule has 6 nitrogen and oxygen atoms in total. The van der Waals surface area contributed by atoms with Crippen LogP contribution in [0, 0.1) is 10.1 Å². The molecule has 114 valence electrons. The molecule has 1 heterocycles. The molecule has 0 aliphatic carbocycles. The monoisotopic (exact) mass is 355 g/mol. The standard InChI is InChI=1S/C14H18BrN3O3/c1-16(2)10-5-4-8-17(9-10)14(19)11-6-3-7-12(13(11)15)18(20)21/h3,6-7,10H,4-5,8-9H2,1-2H3. The number of hydrogen-bond donors (Lipinski definition) is 0. The van der Waals surface area contributed by atoms with Gasteiger partial charge in [0.25, 0.3) is 11.6 Å². The summed E-state index contributed by atoms with van der Waals surface area (Å²) in [4.78, 5) is 27.0. The third kappa shape index (κ3) is 3.41. The lowest BCUT2D eigenvalue weighted by Crippen LogP contribution is -2.47. The maximum Gasteiger partial charge on any atom is 0.284 e. The fourth-order valence-corrected chi connectivity index (χ4v) is 3.14. The first-order valence-corrected chi connectivity index (χ1v) is 7.59. The Bertz CT molecular complexity index is 562. The van der Waals surface area contributed by atoms with Gasteiger partial charge in [-0.05, 0) is 48.9 Å². The second kappa shape index (κ2) is 6.53. The second-order valence-corrected chi connectivity index (χ2v) is 6.20. The number of nitro benzene ring substituents is 1. The summed E-state index contributed by atoms with van der Waals surface area (Å²) in [7, 11) is 4.00. The van der Waals surface area contributed by atoms with E-state index in [0.29, 0.717) is 24.7 Å². The molecule has 1 aromatic carbocycles. The highest BCUT2D eigenvalue weighted by atomic mass is 79.9. The van der Waals surface area contributed by atoms with E-state index in [9.17, 15) is 14.9 Å². The molecular formula is C14H18BrN3O3. The maximum absolute atomic E-state index is 12.6. The first-order chi connectivity index (χ1) is 9.91. The van der Waals surface area contributed by atoms with Crippen LogP contribution in [-0.4, -0.2) is 53.9 Å². The van der Waals surface area contributed by atoms with Gasteiger partial charge in [-0.2, -0.15) is 0 Å². The van der Waals surface area contributed by atoms with Crippen LogP contribution in [0.2, 0.25) is 0 Å². The molecular weight excluding hydrogens is 338 g/mol. The van der Waals surface area contributed by atoms with E-state index in [4.69, 9.17) is 0 Å². The topological polar surface area (TPSA) is 66.7 Å². The largest absolute Gasteiger partial charge is 0.337 e. The maximum atomic E-state index is 12.6. The van der Waals surface area contributed by atoms with Crippen LogP contribution in [0.4, 0.5) is 5.69 Å². The van der Waals surface area contributed by atoms with Crippen molar-refractivity contribution < 1.29 is 9.72 Å². The summed E-state index contributed by atoms with van der Waals surface area (Å²) >= 11 is 3.19. The molecule has 0 aromatic heterocycles. The van der Waals surface area contributed by atoms with E-state index in [1.807, 2.05) is 14.1 Å². The summed E-state index contributed by atoms with van der Waals surface area (Å²) < 4.78 is 0.256. The molecule has 1 fully saturated rings. The molecule has 1 amide bonds. The van der Waals surface area contributed by atoms with Gasteiger partial charge in [-0.1, -0.05) is 6.07 Å². The van der Waals surface area contributed by atoms with Crippen LogP contribution in [0.3, 0.4) is 0 Å². The summed E-state index contributed by atoms with van der Waals surface area (Å²) in [6.45, 7) is 1.35. The van der Waals surface area contributed by atoms with Gasteiger partial charge in [0.15, 0.2) is 0 Å². The molecule has 0 N–H and O–H groups in total. The summed E-state index contributed by atoms with van der Waals surface area (Å²) in [5, 5.41) is 11.0. The highest BCUT2D eigenvalue weighted by molar-refractivity contribution is 9.10. The van der Waals surface area contributed by atoms with Gasteiger partial charge in [0, 0.05) is 25.2 Å². The van der Waals surface area contributed by atoms with Crippen molar-refractivity contribution >= 4 is 27.5 Å². The number of hydrogen-bond acceptors (Lipinski definition) is 4. The molecule has 0 radical (unpaired) electrons. The highest BCUT2D eigenvalue weighted by Crippen LogP contribution is 2.29. The van der Waals surface area contributed by atoms with Gasteiger partial charge in [-0.25, -0.2) is 0 Å². The molecule has 0 bridgehead atoms. The van der Waals surface area contributed by atoms with E-state index in [0.717, 1.165) is 12.8 Å². The zero-order chi connectivity index (χ0) is 15.6. The second-order valence-electron chi connectivity index (χ2n) is 5.41. The summed E-state index contributed by atoms with van der Waals surface area (Å²) in [5.74, 6) is -0.155. The van der Waals surface area contributed by atoms with E-state index in [2.05, 4.69) is 20.8 Å². The van der Waals surface area contributed by atoms with Crippen LogP contribution in [0.1, 0.15) is 23.2 Å². The van der Waals surface area contributed by atoms with Crippen molar-refractivity contribution in [3.63, 3.8) is 0 Å². The summed E-state index contributed by atoms with van der Waals surface area (Å²) in [6.07, 6.45) is 2.01. The van der Waals surface area contributed by atoms with Crippen molar-refractivity contribution in [2.24, 2.45) is 0 Å². The molecule has 1 aromatic rings. The minimum atomic E-state index is -0.486. The summed E-state index contributed by atoms with van der Waals surface area (Å²) in [6, 6.07) is 4.89. The Morgan fingerprint density at radius 3 is 2.81 bits per heavy atom. The zero-order valence-corrected chi connectivity index (χ0v) is 13.7. The molecule has 7 heteroatoms. The molecule has 1 aliphatic heterocycles. The van der Waals surface area contributed by atoms with Gasteiger partial charge in [0.2, 0.25) is 0 Å². The molecule has 0 saturated carbocycles. The number of likely N-dealkylation sites (tertiary alicyclic amines) is 1. The Morgan fingerprint density at radius 1 is 1.48 bits per heavy atom. The van der Waals surface area contributed by atoms with Crippen molar-refractivity contribution in [3.8, 4) is 0 Å². The number of carbonyl (C=O) groups excluding carboxylic acids is 1. The number of likely N-dealkylation sites (N-methyl/N-ethyl adjacent to an activating group) is 1. The smallest absolute Gasteiger partial charge is 0.284 e. The van der Waals surface area contributed by atoms with Crippen molar-refractivity contribution in [3.05, 3.63) is 38.3 Å². The fourth-order valence-electron chi connectivity index (χ4n) is 2.56. The van der Waals surface area contributed by atoms with Crippen molar-refractivity contribution in [2.75, 3.05) is 27.2 Å². The van der Waals surface area contributed by atoms with E-state index >= 15 is 0 Å². The molecule has 1 atom stereocenters. The van der Waals surface area contributed by atoms with Gasteiger partial charge < -0.3 is 9.80 Å².